The van der Waals surface area contributed by atoms with Crippen LogP contribution in [0.3, 0.4) is 0 Å². The highest BCUT2D eigenvalue weighted by Crippen LogP contribution is 2.22. The molecule has 0 spiro atoms. The predicted molar refractivity (Wildman–Crippen MR) is 91.2 cm³/mol. The molecule has 2 heterocycles. The normalized spacial score (nSPS) is 14.8. The van der Waals surface area contributed by atoms with Gasteiger partial charge in [0.05, 0.1) is 18.9 Å². The topological polar surface area (TPSA) is 79.4 Å². The van der Waals surface area contributed by atoms with Gasteiger partial charge in [0.2, 0.25) is 0 Å². The fourth-order valence-electron chi connectivity index (χ4n) is 2.52. The Labute approximate surface area is 153 Å². The van der Waals surface area contributed by atoms with Crippen molar-refractivity contribution < 1.29 is 22.7 Å². The quantitative estimate of drug-likeness (QED) is 0.742. The van der Waals surface area contributed by atoms with Crippen LogP contribution in [-0.2, 0) is 4.74 Å². The number of ether oxygens (including phenoxy) is 1. The van der Waals surface area contributed by atoms with E-state index in [9.17, 15) is 18.0 Å². The summed E-state index contributed by atoms with van der Waals surface area (Å²) in [5.41, 5.74) is -0.195. The highest BCUT2D eigenvalue weighted by atomic mass is 19.2. The summed E-state index contributed by atoms with van der Waals surface area (Å²) in [6.45, 7) is 4.20. The number of carbonyl (C=O) groups is 1. The van der Waals surface area contributed by atoms with Gasteiger partial charge in [-0.25, -0.2) is 13.2 Å². The number of amides is 1. The van der Waals surface area contributed by atoms with Crippen LogP contribution < -0.4 is 10.6 Å². The van der Waals surface area contributed by atoms with Gasteiger partial charge >= 0.3 is 0 Å². The number of aromatic nitrogens is 2. The number of nitrogens with zero attached hydrogens (tertiary/aromatic N) is 3. The number of hydrogen-bond donors (Lipinski definition) is 2. The lowest BCUT2D eigenvalue weighted by Crippen LogP contribution is -2.41. The van der Waals surface area contributed by atoms with Crippen LogP contribution in [-0.4, -0.2) is 60.4 Å². The van der Waals surface area contributed by atoms with Gasteiger partial charge < -0.3 is 15.4 Å². The van der Waals surface area contributed by atoms with Gasteiger partial charge in [-0.15, -0.1) is 10.2 Å². The molecule has 2 aromatic rings. The number of carbonyl (C=O) groups excluding carboxylic acids is 1. The van der Waals surface area contributed by atoms with Gasteiger partial charge in [-0.05, 0) is 24.3 Å². The molecular formula is C17H18F3N5O2. The second-order valence-electron chi connectivity index (χ2n) is 5.86. The maximum Gasteiger partial charge on any atom is 0.271 e. The van der Waals surface area contributed by atoms with E-state index in [2.05, 4.69) is 25.7 Å². The molecular weight excluding hydrogens is 363 g/mol. The molecule has 0 radical (unpaired) electrons. The van der Waals surface area contributed by atoms with Crippen LogP contribution in [0.2, 0.25) is 0 Å². The highest BCUT2D eigenvalue weighted by molar-refractivity contribution is 5.92. The first-order chi connectivity index (χ1) is 13.0. The van der Waals surface area contributed by atoms with E-state index in [1.807, 2.05) is 0 Å². The van der Waals surface area contributed by atoms with Crippen LogP contribution in [0.1, 0.15) is 10.5 Å². The fourth-order valence-corrected chi connectivity index (χ4v) is 2.52. The van der Waals surface area contributed by atoms with Crippen molar-refractivity contribution in [1.82, 2.24) is 20.4 Å². The minimum atomic E-state index is -1.58. The fraction of sp³-hybridized carbons (Fsp3) is 0.353. The van der Waals surface area contributed by atoms with Crippen LogP contribution in [0, 0.1) is 17.5 Å². The van der Waals surface area contributed by atoms with Gasteiger partial charge in [0.25, 0.3) is 5.91 Å². The molecule has 1 aromatic carbocycles. The Morgan fingerprint density at radius 2 is 1.85 bits per heavy atom. The molecule has 27 heavy (non-hydrogen) atoms. The molecule has 1 amide bonds. The summed E-state index contributed by atoms with van der Waals surface area (Å²) in [5.74, 6) is -4.52. The van der Waals surface area contributed by atoms with Crippen LogP contribution in [0.4, 0.5) is 24.7 Å². The average Bonchev–Trinajstić information content (AvgIpc) is 2.70. The second-order valence-corrected chi connectivity index (χ2v) is 5.86. The number of nitrogens with one attached hydrogen (secondary N) is 2. The van der Waals surface area contributed by atoms with Gasteiger partial charge in [-0.2, -0.15) is 0 Å². The van der Waals surface area contributed by atoms with E-state index in [0.717, 1.165) is 25.2 Å². The first-order valence-electron chi connectivity index (χ1n) is 8.37. The Morgan fingerprint density at radius 3 is 2.56 bits per heavy atom. The van der Waals surface area contributed by atoms with E-state index in [4.69, 9.17) is 4.74 Å². The van der Waals surface area contributed by atoms with E-state index in [-0.39, 0.29) is 23.1 Å². The lowest BCUT2D eigenvalue weighted by molar-refractivity contribution is 0.0383. The summed E-state index contributed by atoms with van der Waals surface area (Å²) in [5, 5.41) is 12.7. The van der Waals surface area contributed by atoms with Crippen molar-refractivity contribution in [3.8, 4) is 0 Å². The summed E-state index contributed by atoms with van der Waals surface area (Å²) in [6.07, 6.45) is 0. The van der Waals surface area contributed by atoms with Gasteiger partial charge in [0.1, 0.15) is 0 Å². The predicted octanol–water partition coefficient (Wildman–Crippen LogP) is 1.70. The van der Waals surface area contributed by atoms with Crippen molar-refractivity contribution in [3.63, 3.8) is 0 Å². The maximum absolute atomic E-state index is 13.6. The van der Waals surface area contributed by atoms with Crippen LogP contribution in [0.5, 0.6) is 0 Å². The summed E-state index contributed by atoms with van der Waals surface area (Å²) in [6, 6.07) is 4.63. The Balaban J connectivity index is 1.53. The zero-order valence-corrected chi connectivity index (χ0v) is 14.3. The molecule has 10 heteroatoms. The number of halogens is 3. The Bertz CT molecular complexity index is 798. The van der Waals surface area contributed by atoms with Crippen molar-refractivity contribution >= 4 is 17.4 Å². The van der Waals surface area contributed by atoms with Gasteiger partial charge in [0, 0.05) is 26.2 Å². The minimum Gasteiger partial charge on any atom is -0.379 e. The number of rotatable bonds is 6. The minimum absolute atomic E-state index is 0.0878. The summed E-state index contributed by atoms with van der Waals surface area (Å²) in [7, 11) is 0. The molecule has 0 saturated carbocycles. The van der Waals surface area contributed by atoms with Crippen molar-refractivity contribution in [1.29, 1.82) is 0 Å². The molecule has 1 saturated heterocycles. The Morgan fingerprint density at radius 1 is 1.07 bits per heavy atom. The molecule has 0 bridgehead atoms. The zero-order chi connectivity index (χ0) is 19.2. The number of hydrogen-bond acceptors (Lipinski definition) is 6. The molecule has 1 fully saturated rings. The molecule has 144 valence electrons. The van der Waals surface area contributed by atoms with E-state index in [1.165, 1.54) is 12.1 Å². The molecule has 0 unspecified atom stereocenters. The molecule has 0 atom stereocenters. The lowest BCUT2D eigenvalue weighted by atomic mass is 10.2. The number of benzene rings is 1. The number of morpholine rings is 1. The monoisotopic (exact) mass is 381 g/mol. The molecule has 1 aliphatic rings. The standard InChI is InChI=1S/C17H18F3N5O2/c18-11-1-2-12(16(20)15(11)19)22-14-4-3-13(23-24-14)17(26)21-5-6-25-7-9-27-10-8-25/h1-4H,5-10H2,(H,21,26)(H,22,24). The largest absolute Gasteiger partial charge is 0.379 e. The van der Waals surface area contributed by atoms with Gasteiger partial charge in [-0.3, -0.25) is 9.69 Å². The molecule has 3 rings (SSSR count). The molecule has 1 aliphatic heterocycles. The SMILES string of the molecule is O=C(NCCN1CCOCC1)c1ccc(Nc2ccc(F)c(F)c2F)nn1. The lowest BCUT2D eigenvalue weighted by Gasteiger charge is -2.26. The van der Waals surface area contributed by atoms with Crippen molar-refractivity contribution in [3.05, 3.63) is 47.4 Å². The van der Waals surface area contributed by atoms with E-state index in [0.29, 0.717) is 26.3 Å². The molecule has 2 N–H and O–H groups in total. The first kappa shape index (κ1) is 19.1. The summed E-state index contributed by atoms with van der Waals surface area (Å²) in [4.78, 5) is 14.2. The number of anilines is 2. The molecule has 7 nitrogen and oxygen atoms in total. The molecule has 1 aromatic heterocycles. The van der Waals surface area contributed by atoms with E-state index in [1.54, 1.807) is 0 Å². The second kappa shape index (κ2) is 8.78. The van der Waals surface area contributed by atoms with Gasteiger partial charge in [0.15, 0.2) is 29.0 Å². The Hall–Kier alpha value is -2.72. The van der Waals surface area contributed by atoms with Crippen LogP contribution in [0.15, 0.2) is 24.3 Å². The van der Waals surface area contributed by atoms with E-state index < -0.39 is 17.5 Å². The Kier molecular flexibility index (Phi) is 6.20. The van der Waals surface area contributed by atoms with Crippen molar-refractivity contribution in [2.24, 2.45) is 0 Å². The van der Waals surface area contributed by atoms with Crippen LogP contribution in [0.25, 0.3) is 0 Å². The summed E-state index contributed by atoms with van der Waals surface area (Å²) >= 11 is 0. The van der Waals surface area contributed by atoms with Crippen LogP contribution >= 0.6 is 0 Å². The smallest absolute Gasteiger partial charge is 0.271 e. The first-order valence-corrected chi connectivity index (χ1v) is 8.37. The third kappa shape index (κ3) is 4.92. The van der Waals surface area contributed by atoms with Crippen molar-refractivity contribution in [2.75, 3.05) is 44.7 Å². The average molecular weight is 381 g/mol. The molecule has 0 aliphatic carbocycles. The summed E-state index contributed by atoms with van der Waals surface area (Å²) < 4.78 is 45.1. The van der Waals surface area contributed by atoms with Gasteiger partial charge in [-0.1, -0.05) is 0 Å². The highest BCUT2D eigenvalue weighted by Gasteiger charge is 2.15. The third-order valence-corrected chi connectivity index (χ3v) is 4.01. The maximum atomic E-state index is 13.6. The van der Waals surface area contributed by atoms with E-state index >= 15 is 0 Å². The van der Waals surface area contributed by atoms with Crippen molar-refractivity contribution in [2.45, 2.75) is 0 Å². The third-order valence-electron chi connectivity index (χ3n) is 4.01. The zero-order valence-electron chi connectivity index (χ0n) is 14.3.